The third-order valence-electron chi connectivity index (χ3n) is 2.76. The molecule has 0 atom stereocenters. The molecule has 19 heavy (non-hydrogen) atoms. The summed E-state index contributed by atoms with van der Waals surface area (Å²) < 4.78 is 5.41. The normalized spacial score (nSPS) is 10.2. The van der Waals surface area contributed by atoms with E-state index in [1.54, 1.807) is 0 Å². The predicted molar refractivity (Wildman–Crippen MR) is 78.4 cm³/mol. The summed E-state index contributed by atoms with van der Waals surface area (Å²) in [7, 11) is 0. The Kier molecular flexibility index (Phi) is 7.66. The Balaban J connectivity index is 2.36. The molecular formula is C15H24N2O2. The SMILES string of the molecule is CCCCCCC(=O)Nc1cccc(OCCN)c1. The van der Waals surface area contributed by atoms with Crippen LogP contribution in [0.4, 0.5) is 5.69 Å². The van der Waals surface area contributed by atoms with E-state index < -0.39 is 0 Å². The van der Waals surface area contributed by atoms with Gasteiger partial charge in [-0.1, -0.05) is 32.3 Å². The van der Waals surface area contributed by atoms with Gasteiger partial charge in [-0.05, 0) is 18.6 Å². The topological polar surface area (TPSA) is 64.3 Å². The maximum atomic E-state index is 11.7. The van der Waals surface area contributed by atoms with Crippen LogP contribution in [0.25, 0.3) is 0 Å². The third-order valence-corrected chi connectivity index (χ3v) is 2.76. The van der Waals surface area contributed by atoms with E-state index in [0.717, 1.165) is 24.3 Å². The lowest BCUT2D eigenvalue weighted by Gasteiger charge is -2.08. The van der Waals surface area contributed by atoms with Gasteiger partial charge >= 0.3 is 0 Å². The Morgan fingerprint density at radius 2 is 2.16 bits per heavy atom. The van der Waals surface area contributed by atoms with Crippen molar-refractivity contribution in [3.63, 3.8) is 0 Å². The molecular weight excluding hydrogens is 240 g/mol. The molecule has 4 heteroatoms. The second-order valence-corrected chi connectivity index (χ2v) is 4.52. The number of nitrogens with one attached hydrogen (secondary N) is 1. The summed E-state index contributed by atoms with van der Waals surface area (Å²) in [5, 5.41) is 2.89. The van der Waals surface area contributed by atoms with Gasteiger partial charge in [0.1, 0.15) is 12.4 Å². The van der Waals surface area contributed by atoms with Crippen molar-refractivity contribution >= 4 is 11.6 Å². The maximum absolute atomic E-state index is 11.7. The van der Waals surface area contributed by atoms with Crippen LogP contribution in [-0.4, -0.2) is 19.1 Å². The van der Waals surface area contributed by atoms with Gasteiger partial charge in [-0.25, -0.2) is 0 Å². The summed E-state index contributed by atoms with van der Waals surface area (Å²) in [6, 6.07) is 7.39. The summed E-state index contributed by atoms with van der Waals surface area (Å²) in [6.07, 6.45) is 5.01. The fraction of sp³-hybridized carbons (Fsp3) is 0.533. The highest BCUT2D eigenvalue weighted by molar-refractivity contribution is 5.90. The maximum Gasteiger partial charge on any atom is 0.224 e. The standard InChI is InChI=1S/C15H24N2O2/c1-2-3-4-5-9-15(18)17-13-7-6-8-14(12-13)19-11-10-16/h6-8,12H,2-5,9-11,16H2,1H3,(H,17,18). The van der Waals surface area contributed by atoms with E-state index in [0.29, 0.717) is 19.6 Å². The average Bonchev–Trinajstić information content (AvgIpc) is 2.42. The highest BCUT2D eigenvalue weighted by Gasteiger charge is 2.03. The number of hydrogen-bond acceptors (Lipinski definition) is 3. The van der Waals surface area contributed by atoms with Crippen LogP contribution in [0.3, 0.4) is 0 Å². The summed E-state index contributed by atoms with van der Waals surface area (Å²) in [4.78, 5) is 11.7. The number of carbonyl (C=O) groups excluding carboxylic acids is 1. The van der Waals surface area contributed by atoms with Gasteiger partial charge < -0.3 is 15.8 Å². The summed E-state index contributed by atoms with van der Waals surface area (Å²) in [6.45, 7) is 3.12. The molecule has 106 valence electrons. The van der Waals surface area contributed by atoms with Crippen LogP contribution < -0.4 is 15.8 Å². The van der Waals surface area contributed by atoms with E-state index >= 15 is 0 Å². The smallest absolute Gasteiger partial charge is 0.224 e. The Morgan fingerprint density at radius 3 is 2.89 bits per heavy atom. The number of nitrogens with two attached hydrogens (primary N) is 1. The highest BCUT2D eigenvalue weighted by Crippen LogP contribution is 2.17. The van der Waals surface area contributed by atoms with Gasteiger partial charge in [0.25, 0.3) is 0 Å². The summed E-state index contributed by atoms with van der Waals surface area (Å²) in [5.41, 5.74) is 6.15. The van der Waals surface area contributed by atoms with Crippen molar-refractivity contribution in [3.8, 4) is 5.75 Å². The van der Waals surface area contributed by atoms with Crippen LogP contribution in [0.2, 0.25) is 0 Å². The first-order valence-electron chi connectivity index (χ1n) is 6.99. The fourth-order valence-corrected chi connectivity index (χ4v) is 1.78. The van der Waals surface area contributed by atoms with Gasteiger partial charge in [0, 0.05) is 24.7 Å². The van der Waals surface area contributed by atoms with Crippen molar-refractivity contribution in [3.05, 3.63) is 24.3 Å². The quantitative estimate of drug-likeness (QED) is 0.674. The molecule has 0 aliphatic carbocycles. The van der Waals surface area contributed by atoms with E-state index in [2.05, 4.69) is 12.2 Å². The molecule has 0 spiro atoms. The molecule has 0 aliphatic heterocycles. The van der Waals surface area contributed by atoms with Crippen LogP contribution in [0.1, 0.15) is 39.0 Å². The number of unbranched alkanes of at least 4 members (excludes halogenated alkanes) is 3. The number of carbonyl (C=O) groups is 1. The number of hydrogen-bond donors (Lipinski definition) is 2. The molecule has 1 amide bonds. The van der Waals surface area contributed by atoms with Gasteiger partial charge in [0.05, 0.1) is 0 Å². The largest absolute Gasteiger partial charge is 0.492 e. The second-order valence-electron chi connectivity index (χ2n) is 4.52. The van der Waals surface area contributed by atoms with Crippen molar-refractivity contribution in [2.75, 3.05) is 18.5 Å². The Bertz CT molecular complexity index is 380. The van der Waals surface area contributed by atoms with Crippen molar-refractivity contribution in [2.45, 2.75) is 39.0 Å². The van der Waals surface area contributed by atoms with Crippen LogP contribution >= 0.6 is 0 Å². The van der Waals surface area contributed by atoms with E-state index in [4.69, 9.17) is 10.5 Å². The van der Waals surface area contributed by atoms with E-state index in [1.807, 2.05) is 24.3 Å². The first-order chi connectivity index (χ1) is 9.26. The van der Waals surface area contributed by atoms with Crippen molar-refractivity contribution in [1.82, 2.24) is 0 Å². The molecule has 1 rings (SSSR count). The third kappa shape index (κ3) is 6.82. The molecule has 4 nitrogen and oxygen atoms in total. The molecule has 0 fully saturated rings. The van der Waals surface area contributed by atoms with Gasteiger partial charge in [-0.3, -0.25) is 4.79 Å². The summed E-state index contributed by atoms with van der Waals surface area (Å²) >= 11 is 0. The molecule has 0 heterocycles. The molecule has 3 N–H and O–H groups in total. The minimum atomic E-state index is 0.0621. The zero-order valence-electron chi connectivity index (χ0n) is 11.7. The lowest BCUT2D eigenvalue weighted by atomic mass is 10.1. The molecule has 0 aliphatic rings. The number of anilines is 1. The zero-order chi connectivity index (χ0) is 13.9. The van der Waals surface area contributed by atoms with E-state index in [9.17, 15) is 4.79 Å². The average molecular weight is 264 g/mol. The van der Waals surface area contributed by atoms with Crippen LogP contribution in [0, 0.1) is 0 Å². The zero-order valence-corrected chi connectivity index (χ0v) is 11.7. The number of amides is 1. The lowest BCUT2D eigenvalue weighted by Crippen LogP contribution is -2.12. The van der Waals surface area contributed by atoms with Crippen LogP contribution in [-0.2, 0) is 4.79 Å². The molecule has 1 aromatic rings. The van der Waals surface area contributed by atoms with Crippen LogP contribution in [0.15, 0.2) is 24.3 Å². The number of benzene rings is 1. The van der Waals surface area contributed by atoms with Gasteiger partial charge in [-0.15, -0.1) is 0 Å². The van der Waals surface area contributed by atoms with Gasteiger partial charge in [0.2, 0.25) is 5.91 Å². The lowest BCUT2D eigenvalue weighted by molar-refractivity contribution is -0.116. The molecule has 0 saturated carbocycles. The van der Waals surface area contributed by atoms with E-state index in [-0.39, 0.29) is 5.91 Å². The van der Waals surface area contributed by atoms with Crippen LogP contribution in [0.5, 0.6) is 5.75 Å². The highest BCUT2D eigenvalue weighted by atomic mass is 16.5. The first-order valence-corrected chi connectivity index (χ1v) is 6.99. The fourth-order valence-electron chi connectivity index (χ4n) is 1.78. The number of rotatable bonds is 9. The van der Waals surface area contributed by atoms with E-state index in [1.165, 1.54) is 12.8 Å². The molecule has 1 aromatic carbocycles. The summed E-state index contributed by atoms with van der Waals surface area (Å²) in [5.74, 6) is 0.793. The van der Waals surface area contributed by atoms with Crippen molar-refractivity contribution in [2.24, 2.45) is 5.73 Å². The first kappa shape index (κ1) is 15.5. The molecule has 0 saturated heterocycles. The molecule has 0 radical (unpaired) electrons. The Morgan fingerprint density at radius 1 is 1.32 bits per heavy atom. The minimum absolute atomic E-state index is 0.0621. The second kappa shape index (κ2) is 9.39. The number of ether oxygens (including phenoxy) is 1. The predicted octanol–water partition coefficient (Wildman–Crippen LogP) is 2.93. The molecule has 0 aromatic heterocycles. The van der Waals surface area contributed by atoms with Crippen molar-refractivity contribution in [1.29, 1.82) is 0 Å². The van der Waals surface area contributed by atoms with Crippen molar-refractivity contribution < 1.29 is 9.53 Å². The minimum Gasteiger partial charge on any atom is -0.492 e. The molecule has 0 bridgehead atoms. The Labute approximate surface area is 115 Å². The Hall–Kier alpha value is -1.55. The monoisotopic (exact) mass is 264 g/mol. The van der Waals surface area contributed by atoms with Gasteiger partial charge in [-0.2, -0.15) is 0 Å². The van der Waals surface area contributed by atoms with Gasteiger partial charge in [0.15, 0.2) is 0 Å². The molecule has 0 unspecified atom stereocenters.